The van der Waals surface area contributed by atoms with Gasteiger partial charge in [0, 0.05) is 24.9 Å². The summed E-state index contributed by atoms with van der Waals surface area (Å²) in [5, 5.41) is 12.1. The van der Waals surface area contributed by atoms with Crippen molar-refractivity contribution in [3.05, 3.63) is 40.9 Å². The van der Waals surface area contributed by atoms with Gasteiger partial charge in [-0.05, 0) is 44.9 Å². The molecule has 1 aliphatic carbocycles. The first-order valence-electron chi connectivity index (χ1n) is 10.4. The van der Waals surface area contributed by atoms with Gasteiger partial charge in [0.15, 0.2) is 5.82 Å². The molecule has 2 aliphatic rings. The summed E-state index contributed by atoms with van der Waals surface area (Å²) in [4.78, 5) is 21.9. The number of benzene rings is 1. The van der Waals surface area contributed by atoms with Crippen molar-refractivity contribution in [1.82, 2.24) is 14.9 Å². The van der Waals surface area contributed by atoms with E-state index < -0.39 is 5.82 Å². The van der Waals surface area contributed by atoms with Crippen LogP contribution in [-0.4, -0.2) is 46.3 Å². The van der Waals surface area contributed by atoms with Crippen LogP contribution in [0.1, 0.15) is 32.3 Å². The number of ether oxygens (including phenoxy) is 2. The van der Waals surface area contributed by atoms with Crippen LogP contribution in [-0.2, 0) is 4.74 Å². The fraction of sp³-hybridized carbons (Fsp3) is 0.455. The highest BCUT2D eigenvalue weighted by Gasteiger charge is 2.46. The van der Waals surface area contributed by atoms with Crippen molar-refractivity contribution in [2.75, 3.05) is 18.4 Å². The van der Waals surface area contributed by atoms with E-state index in [1.54, 1.807) is 17.0 Å². The van der Waals surface area contributed by atoms with Crippen molar-refractivity contribution in [3.63, 3.8) is 0 Å². The van der Waals surface area contributed by atoms with Crippen LogP contribution in [0.5, 0.6) is 5.88 Å². The maximum atomic E-state index is 15.1. The molecule has 1 saturated heterocycles. The van der Waals surface area contributed by atoms with Crippen molar-refractivity contribution in [2.45, 2.75) is 38.9 Å². The molecule has 1 N–H and O–H groups in total. The summed E-state index contributed by atoms with van der Waals surface area (Å²) in [6, 6.07) is 6.62. The molecule has 2 bridgehead atoms. The van der Waals surface area contributed by atoms with Crippen molar-refractivity contribution in [1.29, 1.82) is 5.26 Å². The molecule has 2 aromatic rings. The van der Waals surface area contributed by atoms with Crippen molar-refractivity contribution >= 4 is 29.2 Å². The average Bonchev–Trinajstić information content (AvgIpc) is 2.98. The van der Waals surface area contributed by atoms with E-state index >= 15 is 4.39 Å². The number of piperidine rings is 1. The van der Waals surface area contributed by atoms with Gasteiger partial charge in [0.05, 0.1) is 28.4 Å². The quantitative estimate of drug-likeness (QED) is 0.701. The third-order valence-corrected chi connectivity index (χ3v) is 6.01. The Balaban J connectivity index is 1.47. The molecule has 1 amide bonds. The number of hydrogen-bond acceptors (Lipinski definition) is 7. The minimum Gasteiger partial charge on any atom is -0.471 e. The zero-order valence-corrected chi connectivity index (χ0v) is 18.5. The van der Waals surface area contributed by atoms with Gasteiger partial charge in [-0.1, -0.05) is 11.6 Å². The van der Waals surface area contributed by atoms with Gasteiger partial charge in [-0.2, -0.15) is 14.6 Å². The highest BCUT2D eigenvalue weighted by atomic mass is 35.5. The van der Waals surface area contributed by atoms with E-state index in [1.165, 1.54) is 12.4 Å². The molecule has 2 unspecified atom stereocenters. The molecule has 10 heteroatoms. The van der Waals surface area contributed by atoms with Crippen LogP contribution in [0.25, 0.3) is 0 Å². The number of likely N-dealkylation sites (tertiary alicyclic amines) is 1. The summed E-state index contributed by atoms with van der Waals surface area (Å²) in [6.07, 6.45) is 2.25. The van der Waals surface area contributed by atoms with E-state index in [2.05, 4.69) is 15.3 Å². The lowest BCUT2D eigenvalue weighted by Crippen LogP contribution is -2.50. The summed E-state index contributed by atoms with van der Waals surface area (Å²) < 4.78 is 26.4. The number of nitrogens with zero attached hydrogens (tertiary/aromatic N) is 4. The first-order valence-corrected chi connectivity index (χ1v) is 10.8. The number of aromatic nitrogens is 2. The number of nitrogens with one attached hydrogen (secondary N) is 1. The van der Waals surface area contributed by atoms with Gasteiger partial charge in [0.2, 0.25) is 5.82 Å². The highest BCUT2D eigenvalue weighted by Crippen LogP contribution is 2.40. The van der Waals surface area contributed by atoms with E-state index in [-0.39, 0.29) is 46.9 Å². The topological polar surface area (TPSA) is 100 Å². The highest BCUT2D eigenvalue weighted by molar-refractivity contribution is 6.33. The second kappa shape index (κ2) is 9.17. The molecule has 1 aromatic carbocycles. The Kier molecular flexibility index (Phi) is 6.33. The molecule has 32 heavy (non-hydrogen) atoms. The van der Waals surface area contributed by atoms with Gasteiger partial charge in [-0.15, -0.1) is 0 Å². The molecular weight excluding hydrogens is 437 g/mol. The molecule has 8 nitrogen and oxygen atoms in total. The van der Waals surface area contributed by atoms with Gasteiger partial charge in [0.25, 0.3) is 5.88 Å². The number of carbonyl (C=O) groups excluding carboxylic acids is 1. The van der Waals surface area contributed by atoms with Crippen LogP contribution in [0.2, 0.25) is 5.02 Å². The Morgan fingerprint density at radius 1 is 1.31 bits per heavy atom. The Morgan fingerprint density at radius 3 is 2.66 bits per heavy atom. The molecule has 1 aliphatic heterocycles. The Hall–Kier alpha value is -3.12. The molecule has 0 radical (unpaired) electrons. The fourth-order valence-corrected chi connectivity index (χ4v) is 4.48. The standard InChI is InChI=1S/C22H23ClFN5O3/c1-12(2)31-22(30)29-9-14-4-5-15(10-29)19(14)32-21-18(24)20(26-11-27-21)28-17-6-3-13(8-25)7-16(17)23/h3,6-7,11-12,14-15,19H,4-5,9-10H2,1-2H3,(H,26,27,28). The van der Waals surface area contributed by atoms with E-state index in [4.69, 9.17) is 26.3 Å². The van der Waals surface area contributed by atoms with Crippen molar-refractivity contribution in [2.24, 2.45) is 11.8 Å². The number of nitriles is 1. The predicted octanol–water partition coefficient (Wildman–Crippen LogP) is 4.52. The Labute approximate surface area is 190 Å². The third kappa shape index (κ3) is 4.55. The number of amides is 1. The lowest BCUT2D eigenvalue weighted by atomic mass is 9.95. The minimum atomic E-state index is -0.728. The van der Waals surface area contributed by atoms with Crippen molar-refractivity contribution in [3.8, 4) is 11.9 Å². The van der Waals surface area contributed by atoms with E-state index in [0.717, 1.165) is 12.8 Å². The lowest BCUT2D eigenvalue weighted by molar-refractivity contribution is 0.0139. The van der Waals surface area contributed by atoms with Gasteiger partial charge in [-0.25, -0.2) is 9.78 Å². The second-order valence-corrected chi connectivity index (χ2v) is 8.70. The fourth-order valence-electron chi connectivity index (χ4n) is 4.26. The summed E-state index contributed by atoms with van der Waals surface area (Å²) in [5.41, 5.74) is 0.804. The van der Waals surface area contributed by atoms with Gasteiger partial charge in [0.1, 0.15) is 12.4 Å². The molecule has 2 heterocycles. The summed E-state index contributed by atoms with van der Waals surface area (Å²) in [6.45, 7) is 4.64. The van der Waals surface area contributed by atoms with Crippen LogP contribution in [0.3, 0.4) is 0 Å². The summed E-state index contributed by atoms with van der Waals surface area (Å²) in [7, 11) is 0. The summed E-state index contributed by atoms with van der Waals surface area (Å²) in [5.74, 6) is -0.798. The maximum Gasteiger partial charge on any atom is 0.410 e. The molecular formula is C22H23ClFN5O3. The normalized spacial score (nSPS) is 21.9. The number of rotatable bonds is 5. The number of fused-ring (bicyclic) bond motifs is 2. The van der Waals surface area contributed by atoms with Crippen LogP contribution in [0, 0.1) is 29.0 Å². The number of anilines is 2. The predicted molar refractivity (Wildman–Crippen MR) is 115 cm³/mol. The van der Waals surface area contributed by atoms with Crippen LogP contribution in [0.15, 0.2) is 24.5 Å². The SMILES string of the molecule is CC(C)OC(=O)N1CC2CCC(C1)C2Oc1ncnc(Nc2ccc(C#N)cc2Cl)c1F. The van der Waals surface area contributed by atoms with Crippen LogP contribution >= 0.6 is 11.6 Å². The first kappa shape index (κ1) is 22.1. The van der Waals surface area contributed by atoms with Gasteiger partial charge >= 0.3 is 6.09 Å². The smallest absolute Gasteiger partial charge is 0.410 e. The van der Waals surface area contributed by atoms with E-state index in [9.17, 15) is 4.79 Å². The number of hydrogen-bond donors (Lipinski definition) is 1. The average molecular weight is 460 g/mol. The molecule has 4 rings (SSSR count). The molecule has 168 valence electrons. The molecule has 0 spiro atoms. The number of halogens is 2. The van der Waals surface area contributed by atoms with Gasteiger partial charge in [-0.3, -0.25) is 0 Å². The zero-order chi connectivity index (χ0) is 22.8. The second-order valence-electron chi connectivity index (χ2n) is 8.29. The first-order chi connectivity index (χ1) is 15.4. The largest absolute Gasteiger partial charge is 0.471 e. The zero-order valence-electron chi connectivity index (χ0n) is 17.7. The van der Waals surface area contributed by atoms with Gasteiger partial charge < -0.3 is 19.7 Å². The van der Waals surface area contributed by atoms with Crippen LogP contribution in [0.4, 0.5) is 20.7 Å². The molecule has 2 atom stereocenters. The Morgan fingerprint density at radius 2 is 2.03 bits per heavy atom. The Bertz CT molecular complexity index is 1050. The van der Waals surface area contributed by atoms with E-state index in [1.807, 2.05) is 19.9 Å². The molecule has 2 fully saturated rings. The summed E-state index contributed by atoms with van der Waals surface area (Å²) >= 11 is 6.17. The third-order valence-electron chi connectivity index (χ3n) is 5.70. The lowest BCUT2D eigenvalue weighted by Gasteiger charge is -2.37. The van der Waals surface area contributed by atoms with Crippen LogP contribution < -0.4 is 10.1 Å². The minimum absolute atomic E-state index is 0.0761. The maximum absolute atomic E-state index is 15.1. The van der Waals surface area contributed by atoms with E-state index in [0.29, 0.717) is 24.3 Å². The number of carbonyl (C=O) groups is 1. The van der Waals surface area contributed by atoms with Crippen molar-refractivity contribution < 1.29 is 18.7 Å². The molecule has 1 aromatic heterocycles. The monoisotopic (exact) mass is 459 g/mol. The molecule has 1 saturated carbocycles.